The van der Waals surface area contributed by atoms with E-state index in [-0.39, 0.29) is 11.8 Å². The Morgan fingerprint density at radius 2 is 2.39 bits per heavy atom. The molecule has 0 spiro atoms. The lowest BCUT2D eigenvalue weighted by atomic mass is 10.2. The van der Waals surface area contributed by atoms with Crippen molar-refractivity contribution >= 4 is 17.7 Å². The normalized spacial score (nSPS) is 12.6. The largest absolute Gasteiger partial charge is 0.481 e. The van der Waals surface area contributed by atoms with E-state index in [2.05, 4.69) is 16.5 Å². The summed E-state index contributed by atoms with van der Waals surface area (Å²) in [5.74, 6) is -0.798. The zero-order valence-corrected chi connectivity index (χ0v) is 11.9. The van der Waals surface area contributed by atoms with Crippen molar-refractivity contribution in [2.24, 2.45) is 0 Å². The van der Waals surface area contributed by atoms with Gasteiger partial charge in [-0.2, -0.15) is 0 Å². The van der Waals surface area contributed by atoms with Crippen LogP contribution in [0.2, 0.25) is 0 Å². The topological polar surface area (TPSA) is 64.4 Å². The van der Waals surface area contributed by atoms with Gasteiger partial charge in [-0.05, 0) is 13.3 Å². The van der Waals surface area contributed by atoms with Gasteiger partial charge in [-0.3, -0.25) is 4.79 Å². The number of imidazole rings is 1. The maximum Gasteiger partial charge on any atom is 0.313 e. The number of carboxylic acids is 1. The van der Waals surface area contributed by atoms with Crippen molar-refractivity contribution in [2.75, 3.05) is 19.5 Å². The van der Waals surface area contributed by atoms with E-state index in [0.29, 0.717) is 6.61 Å². The van der Waals surface area contributed by atoms with Gasteiger partial charge in [0.25, 0.3) is 0 Å². The molecule has 6 heteroatoms. The van der Waals surface area contributed by atoms with Gasteiger partial charge in [-0.25, -0.2) is 4.98 Å². The highest BCUT2D eigenvalue weighted by molar-refractivity contribution is 7.99. The van der Waals surface area contributed by atoms with Crippen molar-refractivity contribution in [1.29, 1.82) is 0 Å². The van der Waals surface area contributed by atoms with E-state index < -0.39 is 5.97 Å². The highest BCUT2D eigenvalue weighted by Crippen LogP contribution is 2.25. The number of aromatic nitrogens is 2. The summed E-state index contributed by atoms with van der Waals surface area (Å²) < 4.78 is 7.33. The van der Waals surface area contributed by atoms with Gasteiger partial charge in [0.15, 0.2) is 5.16 Å². The molecule has 1 aromatic heterocycles. The smallest absolute Gasteiger partial charge is 0.313 e. The zero-order valence-electron chi connectivity index (χ0n) is 11.0. The summed E-state index contributed by atoms with van der Waals surface area (Å²) in [4.78, 5) is 14.9. The average Bonchev–Trinajstić information content (AvgIpc) is 2.67. The SMILES string of the molecule is CCCC(COC)n1c(C)cnc1SCC(=O)O. The Morgan fingerprint density at radius 3 is 2.94 bits per heavy atom. The number of hydrogen-bond donors (Lipinski definition) is 1. The Kier molecular flexibility index (Phi) is 6.21. The van der Waals surface area contributed by atoms with Crippen LogP contribution >= 0.6 is 11.8 Å². The van der Waals surface area contributed by atoms with Crippen LogP contribution in [0.25, 0.3) is 0 Å². The number of nitrogens with zero attached hydrogens (tertiary/aromatic N) is 2. The van der Waals surface area contributed by atoms with Crippen LogP contribution < -0.4 is 0 Å². The number of hydrogen-bond acceptors (Lipinski definition) is 4. The predicted octanol–water partition coefficient (Wildman–Crippen LogP) is 2.36. The van der Waals surface area contributed by atoms with Crippen LogP contribution in [0.5, 0.6) is 0 Å². The van der Waals surface area contributed by atoms with Crippen LogP contribution in [0.15, 0.2) is 11.4 Å². The summed E-state index contributed by atoms with van der Waals surface area (Å²) in [6.45, 7) is 4.72. The summed E-state index contributed by atoms with van der Waals surface area (Å²) in [6, 6.07) is 0.221. The third-order valence-electron chi connectivity index (χ3n) is 2.62. The molecule has 0 amide bonds. The van der Waals surface area contributed by atoms with E-state index in [4.69, 9.17) is 9.84 Å². The van der Waals surface area contributed by atoms with Gasteiger partial charge in [0.1, 0.15) is 0 Å². The minimum Gasteiger partial charge on any atom is -0.481 e. The van der Waals surface area contributed by atoms with Crippen molar-refractivity contribution in [3.05, 3.63) is 11.9 Å². The lowest BCUT2D eigenvalue weighted by Crippen LogP contribution is -2.17. The molecule has 0 aliphatic carbocycles. The van der Waals surface area contributed by atoms with E-state index >= 15 is 0 Å². The zero-order chi connectivity index (χ0) is 13.5. The standard InChI is InChI=1S/C12H20N2O3S/c1-4-5-10(7-17-3)14-9(2)6-13-12(14)18-8-11(15)16/h6,10H,4-5,7-8H2,1-3H3,(H,15,16). The molecule has 0 bridgehead atoms. The van der Waals surface area contributed by atoms with E-state index in [0.717, 1.165) is 23.7 Å². The molecule has 0 radical (unpaired) electrons. The molecular weight excluding hydrogens is 252 g/mol. The number of thioether (sulfide) groups is 1. The molecule has 18 heavy (non-hydrogen) atoms. The van der Waals surface area contributed by atoms with Gasteiger partial charge in [0, 0.05) is 19.0 Å². The Labute approximate surface area is 112 Å². The van der Waals surface area contributed by atoms with Gasteiger partial charge in [-0.15, -0.1) is 0 Å². The fraction of sp³-hybridized carbons (Fsp3) is 0.667. The summed E-state index contributed by atoms with van der Waals surface area (Å²) in [6.07, 6.45) is 3.82. The second-order valence-electron chi connectivity index (χ2n) is 4.13. The molecule has 1 aromatic rings. The monoisotopic (exact) mass is 272 g/mol. The summed E-state index contributed by atoms with van der Waals surface area (Å²) in [5.41, 5.74) is 1.04. The van der Waals surface area contributed by atoms with Crippen LogP contribution in [0.1, 0.15) is 31.5 Å². The van der Waals surface area contributed by atoms with Gasteiger partial charge in [-0.1, -0.05) is 25.1 Å². The maximum atomic E-state index is 10.6. The van der Waals surface area contributed by atoms with E-state index in [1.54, 1.807) is 13.3 Å². The Hall–Kier alpha value is -1.01. The summed E-state index contributed by atoms with van der Waals surface area (Å²) in [5, 5.41) is 9.49. The summed E-state index contributed by atoms with van der Waals surface area (Å²) in [7, 11) is 1.68. The molecule has 0 saturated carbocycles. The molecule has 1 unspecified atom stereocenters. The second kappa shape index (κ2) is 7.43. The first-order valence-electron chi connectivity index (χ1n) is 5.97. The maximum absolute atomic E-state index is 10.6. The minimum atomic E-state index is -0.828. The first-order valence-corrected chi connectivity index (χ1v) is 6.96. The molecule has 1 N–H and O–H groups in total. The van der Waals surface area contributed by atoms with Crippen molar-refractivity contribution in [3.63, 3.8) is 0 Å². The molecule has 1 atom stereocenters. The summed E-state index contributed by atoms with van der Waals surface area (Å²) >= 11 is 1.25. The molecular formula is C12H20N2O3S. The van der Waals surface area contributed by atoms with Gasteiger partial charge in [0.2, 0.25) is 0 Å². The Balaban J connectivity index is 2.89. The highest BCUT2D eigenvalue weighted by Gasteiger charge is 2.17. The van der Waals surface area contributed by atoms with Crippen molar-refractivity contribution in [1.82, 2.24) is 9.55 Å². The van der Waals surface area contributed by atoms with Crippen LogP contribution in [0, 0.1) is 6.92 Å². The lowest BCUT2D eigenvalue weighted by molar-refractivity contribution is -0.133. The predicted molar refractivity (Wildman–Crippen MR) is 71.1 cm³/mol. The molecule has 1 heterocycles. The molecule has 0 aliphatic rings. The number of carboxylic acid groups (broad SMARTS) is 1. The van der Waals surface area contributed by atoms with E-state index in [1.807, 2.05) is 6.92 Å². The van der Waals surface area contributed by atoms with Crippen molar-refractivity contribution in [3.8, 4) is 0 Å². The molecule has 0 aromatic carbocycles. The Bertz CT molecular complexity index is 387. The number of aryl methyl sites for hydroxylation is 1. The van der Waals surface area contributed by atoms with Crippen LogP contribution in [-0.4, -0.2) is 40.1 Å². The quantitative estimate of drug-likeness (QED) is 0.736. The number of carbonyl (C=O) groups is 1. The fourth-order valence-corrected chi connectivity index (χ4v) is 2.73. The number of ether oxygens (including phenoxy) is 1. The molecule has 0 aliphatic heterocycles. The average molecular weight is 272 g/mol. The van der Waals surface area contributed by atoms with Crippen LogP contribution in [0.4, 0.5) is 0 Å². The molecule has 5 nitrogen and oxygen atoms in total. The van der Waals surface area contributed by atoms with Crippen molar-refractivity contribution in [2.45, 2.75) is 37.9 Å². The van der Waals surface area contributed by atoms with E-state index in [1.165, 1.54) is 11.8 Å². The second-order valence-corrected chi connectivity index (χ2v) is 5.07. The molecule has 1 rings (SSSR count). The Morgan fingerprint density at radius 1 is 1.67 bits per heavy atom. The lowest BCUT2D eigenvalue weighted by Gasteiger charge is -2.20. The molecule has 0 fully saturated rings. The third-order valence-corrected chi connectivity index (χ3v) is 3.57. The van der Waals surface area contributed by atoms with Gasteiger partial charge >= 0.3 is 5.97 Å². The third kappa shape index (κ3) is 4.03. The first kappa shape index (κ1) is 15.0. The molecule has 102 valence electrons. The van der Waals surface area contributed by atoms with E-state index in [9.17, 15) is 4.79 Å². The minimum absolute atomic E-state index is 0.0300. The van der Waals surface area contributed by atoms with Gasteiger partial charge in [0.05, 0.1) is 18.4 Å². The van der Waals surface area contributed by atoms with Gasteiger partial charge < -0.3 is 14.4 Å². The number of aliphatic carboxylic acids is 1. The number of methoxy groups -OCH3 is 1. The van der Waals surface area contributed by atoms with Crippen molar-refractivity contribution < 1.29 is 14.6 Å². The highest BCUT2D eigenvalue weighted by atomic mass is 32.2. The molecule has 0 saturated heterocycles. The van der Waals surface area contributed by atoms with Crippen LogP contribution in [0.3, 0.4) is 0 Å². The number of rotatable bonds is 8. The fourth-order valence-electron chi connectivity index (χ4n) is 1.91. The first-order chi connectivity index (χ1) is 8.60. The van der Waals surface area contributed by atoms with Crippen LogP contribution in [-0.2, 0) is 9.53 Å².